The molecule has 3 nitrogen and oxygen atoms in total. The minimum Gasteiger partial charge on any atom is -0.463 e. The highest BCUT2D eigenvalue weighted by atomic mass is 79.9. The third kappa shape index (κ3) is 3.83. The van der Waals surface area contributed by atoms with Crippen LogP contribution in [-0.4, -0.2) is 17.6 Å². The first-order valence-corrected chi connectivity index (χ1v) is 5.39. The van der Waals surface area contributed by atoms with Gasteiger partial charge < -0.3 is 4.74 Å². The zero-order valence-corrected chi connectivity index (χ0v) is 10.2. The zero-order valence-electron chi connectivity index (χ0n) is 8.66. The van der Waals surface area contributed by atoms with E-state index in [2.05, 4.69) is 20.9 Å². The number of carbonyl (C=O) groups excluding carboxylic acids is 1. The fourth-order valence-electron chi connectivity index (χ4n) is 0.967. The fraction of sp³-hybridized carbons (Fsp3) is 0.273. The molecule has 0 saturated carbocycles. The predicted molar refractivity (Wildman–Crippen MR) is 62.3 cm³/mol. The van der Waals surface area contributed by atoms with Crippen LogP contribution in [0.1, 0.15) is 18.2 Å². The van der Waals surface area contributed by atoms with Crippen LogP contribution in [-0.2, 0) is 9.53 Å². The standard InChI is InChI=1S/C11H12BrNO2/c1-3-15-11(14)5-4-9-6-10(12)8(2)13-7-9/h4-7H,3H2,1-2H3. The van der Waals surface area contributed by atoms with Crippen molar-refractivity contribution in [2.45, 2.75) is 13.8 Å². The average Bonchev–Trinajstić information content (AvgIpc) is 2.20. The smallest absolute Gasteiger partial charge is 0.330 e. The molecule has 0 aliphatic heterocycles. The second-order valence-corrected chi connectivity index (χ2v) is 3.78. The van der Waals surface area contributed by atoms with Gasteiger partial charge in [0.1, 0.15) is 0 Å². The van der Waals surface area contributed by atoms with E-state index in [0.717, 1.165) is 15.7 Å². The van der Waals surface area contributed by atoms with E-state index in [0.29, 0.717) is 6.61 Å². The molecule has 0 aromatic carbocycles. The number of halogens is 1. The Balaban J connectivity index is 2.72. The minimum absolute atomic E-state index is 0.339. The first-order valence-electron chi connectivity index (χ1n) is 4.60. The van der Waals surface area contributed by atoms with E-state index < -0.39 is 0 Å². The molecule has 1 rings (SSSR count). The lowest BCUT2D eigenvalue weighted by molar-refractivity contribution is -0.137. The number of pyridine rings is 1. The first-order chi connectivity index (χ1) is 7.13. The number of ether oxygens (including phenoxy) is 1. The summed E-state index contributed by atoms with van der Waals surface area (Å²) < 4.78 is 5.68. The van der Waals surface area contributed by atoms with Gasteiger partial charge in [-0.3, -0.25) is 4.98 Å². The second-order valence-electron chi connectivity index (χ2n) is 2.92. The van der Waals surface area contributed by atoms with Crippen molar-refractivity contribution in [3.05, 3.63) is 34.1 Å². The number of aryl methyl sites for hydroxylation is 1. The molecule has 0 unspecified atom stereocenters. The molecule has 1 aromatic rings. The van der Waals surface area contributed by atoms with Crippen molar-refractivity contribution in [2.75, 3.05) is 6.61 Å². The van der Waals surface area contributed by atoms with E-state index in [4.69, 9.17) is 4.74 Å². The summed E-state index contributed by atoms with van der Waals surface area (Å²) in [6, 6.07) is 1.90. The Labute approximate surface area is 97.3 Å². The van der Waals surface area contributed by atoms with E-state index in [1.165, 1.54) is 6.08 Å². The Morgan fingerprint density at radius 1 is 1.67 bits per heavy atom. The highest BCUT2D eigenvalue weighted by Gasteiger charge is 1.97. The van der Waals surface area contributed by atoms with Gasteiger partial charge in [-0.15, -0.1) is 0 Å². The van der Waals surface area contributed by atoms with Crippen molar-refractivity contribution < 1.29 is 9.53 Å². The van der Waals surface area contributed by atoms with E-state index >= 15 is 0 Å². The normalized spacial score (nSPS) is 10.6. The van der Waals surface area contributed by atoms with Crippen molar-refractivity contribution in [3.63, 3.8) is 0 Å². The van der Waals surface area contributed by atoms with Gasteiger partial charge in [-0.1, -0.05) is 0 Å². The number of carbonyl (C=O) groups is 1. The van der Waals surface area contributed by atoms with E-state index in [1.54, 1.807) is 19.2 Å². The number of nitrogens with zero attached hydrogens (tertiary/aromatic N) is 1. The third-order valence-corrected chi connectivity index (χ3v) is 2.55. The molecule has 1 heterocycles. The Bertz CT molecular complexity index is 388. The van der Waals surface area contributed by atoms with E-state index in [1.807, 2.05) is 13.0 Å². The van der Waals surface area contributed by atoms with Gasteiger partial charge in [-0.05, 0) is 47.5 Å². The predicted octanol–water partition coefficient (Wildman–Crippen LogP) is 2.73. The lowest BCUT2D eigenvalue weighted by Crippen LogP contribution is -1.98. The van der Waals surface area contributed by atoms with Crippen molar-refractivity contribution in [1.29, 1.82) is 0 Å². The highest BCUT2D eigenvalue weighted by molar-refractivity contribution is 9.10. The topological polar surface area (TPSA) is 39.2 Å². The fourth-order valence-corrected chi connectivity index (χ4v) is 1.33. The summed E-state index contributed by atoms with van der Waals surface area (Å²) >= 11 is 3.37. The molecule has 0 radical (unpaired) electrons. The largest absolute Gasteiger partial charge is 0.463 e. The molecule has 0 spiro atoms. The van der Waals surface area contributed by atoms with Gasteiger partial charge in [0, 0.05) is 16.7 Å². The summed E-state index contributed by atoms with van der Waals surface area (Å²) in [6.45, 7) is 4.07. The molecule has 80 valence electrons. The molecule has 4 heteroatoms. The Morgan fingerprint density at radius 2 is 2.40 bits per heavy atom. The Morgan fingerprint density at radius 3 is 3.00 bits per heavy atom. The number of esters is 1. The molecule has 0 atom stereocenters. The van der Waals surface area contributed by atoms with Crippen molar-refractivity contribution in [2.24, 2.45) is 0 Å². The summed E-state index contributed by atoms with van der Waals surface area (Å²) in [7, 11) is 0. The molecule has 15 heavy (non-hydrogen) atoms. The molecular weight excluding hydrogens is 258 g/mol. The average molecular weight is 270 g/mol. The van der Waals surface area contributed by atoms with Crippen LogP contribution in [0.3, 0.4) is 0 Å². The minimum atomic E-state index is -0.339. The van der Waals surface area contributed by atoms with Crippen LogP contribution in [0.2, 0.25) is 0 Å². The highest BCUT2D eigenvalue weighted by Crippen LogP contribution is 2.15. The van der Waals surface area contributed by atoms with Crippen LogP contribution in [0.15, 0.2) is 22.8 Å². The molecule has 1 aromatic heterocycles. The van der Waals surface area contributed by atoms with Crippen LogP contribution in [0, 0.1) is 6.92 Å². The maximum atomic E-state index is 11.0. The van der Waals surface area contributed by atoms with Crippen molar-refractivity contribution >= 4 is 28.0 Å². The number of hydrogen-bond donors (Lipinski definition) is 0. The Hall–Kier alpha value is -1.16. The molecule has 0 amide bonds. The number of hydrogen-bond acceptors (Lipinski definition) is 3. The zero-order chi connectivity index (χ0) is 11.3. The van der Waals surface area contributed by atoms with Crippen LogP contribution >= 0.6 is 15.9 Å². The maximum absolute atomic E-state index is 11.0. The van der Waals surface area contributed by atoms with Crippen LogP contribution in [0.4, 0.5) is 0 Å². The summed E-state index contributed by atoms with van der Waals surface area (Å²) in [4.78, 5) is 15.2. The molecule has 0 aliphatic rings. The lowest BCUT2D eigenvalue weighted by Gasteiger charge is -1.98. The van der Waals surface area contributed by atoms with Crippen LogP contribution in [0.25, 0.3) is 6.08 Å². The van der Waals surface area contributed by atoms with Gasteiger partial charge in [0.05, 0.1) is 12.3 Å². The summed E-state index contributed by atoms with van der Waals surface area (Å²) in [5.41, 5.74) is 1.78. The molecule has 0 fully saturated rings. The van der Waals surface area contributed by atoms with Gasteiger partial charge in [0.25, 0.3) is 0 Å². The first kappa shape index (κ1) is 11.9. The van der Waals surface area contributed by atoms with Gasteiger partial charge in [0.15, 0.2) is 0 Å². The quantitative estimate of drug-likeness (QED) is 0.626. The summed E-state index contributed by atoms with van der Waals surface area (Å²) in [5, 5.41) is 0. The van der Waals surface area contributed by atoms with Gasteiger partial charge in [-0.25, -0.2) is 4.79 Å². The lowest BCUT2D eigenvalue weighted by atomic mass is 10.2. The van der Waals surface area contributed by atoms with Crippen molar-refractivity contribution in [1.82, 2.24) is 4.98 Å². The maximum Gasteiger partial charge on any atom is 0.330 e. The van der Waals surface area contributed by atoms with E-state index in [9.17, 15) is 4.79 Å². The monoisotopic (exact) mass is 269 g/mol. The van der Waals surface area contributed by atoms with Crippen molar-refractivity contribution in [3.8, 4) is 0 Å². The van der Waals surface area contributed by atoms with Crippen LogP contribution in [0.5, 0.6) is 0 Å². The molecule has 0 N–H and O–H groups in total. The van der Waals surface area contributed by atoms with E-state index in [-0.39, 0.29) is 5.97 Å². The third-order valence-electron chi connectivity index (χ3n) is 1.74. The second kappa shape index (κ2) is 5.66. The molecule has 0 bridgehead atoms. The number of aromatic nitrogens is 1. The summed E-state index contributed by atoms with van der Waals surface area (Å²) in [5.74, 6) is -0.339. The molecule has 0 aliphatic carbocycles. The SMILES string of the molecule is CCOC(=O)C=Cc1cnc(C)c(Br)c1. The molecular formula is C11H12BrNO2. The van der Waals surface area contributed by atoms with Gasteiger partial charge >= 0.3 is 5.97 Å². The molecule has 0 saturated heterocycles. The summed E-state index contributed by atoms with van der Waals surface area (Å²) in [6.07, 6.45) is 4.77. The Kier molecular flexibility index (Phi) is 4.49. The van der Waals surface area contributed by atoms with Crippen LogP contribution < -0.4 is 0 Å². The number of rotatable bonds is 3. The van der Waals surface area contributed by atoms with Gasteiger partial charge in [-0.2, -0.15) is 0 Å². The van der Waals surface area contributed by atoms with Gasteiger partial charge in [0.2, 0.25) is 0 Å².